The maximum Gasteiger partial charge on any atom is 0.123 e. The highest BCUT2D eigenvalue weighted by atomic mass is 79.9. The van der Waals surface area contributed by atoms with Gasteiger partial charge in [0.25, 0.3) is 0 Å². The lowest BCUT2D eigenvalue weighted by molar-refractivity contribution is 0.117. The molecule has 1 aromatic rings. The van der Waals surface area contributed by atoms with Crippen LogP contribution in [0, 0.1) is 6.92 Å². The number of ether oxygens (including phenoxy) is 1. The van der Waals surface area contributed by atoms with Gasteiger partial charge in [-0.25, -0.2) is 0 Å². The Kier molecular flexibility index (Phi) is 5.91. The molecule has 20 heavy (non-hydrogen) atoms. The molecule has 0 saturated carbocycles. The Morgan fingerprint density at radius 1 is 1.35 bits per heavy atom. The van der Waals surface area contributed by atoms with Crippen molar-refractivity contribution < 1.29 is 4.74 Å². The van der Waals surface area contributed by atoms with E-state index in [4.69, 9.17) is 4.74 Å². The molecule has 1 unspecified atom stereocenters. The summed E-state index contributed by atoms with van der Waals surface area (Å²) in [6, 6.07) is 7.19. The van der Waals surface area contributed by atoms with Crippen LogP contribution in [0.2, 0.25) is 0 Å². The van der Waals surface area contributed by atoms with Crippen LogP contribution in [0.4, 0.5) is 0 Å². The SMILES string of the molecule is CCC(CC)N(CCBr)CC1Cc2cc(C)ccc2O1. The van der Waals surface area contributed by atoms with Crippen molar-refractivity contribution in [2.45, 2.75) is 52.2 Å². The Bertz CT molecular complexity index is 431. The van der Waals surface area contributed by atoms with Crippen molar-refractivity contribution in [3.05, 3.63) is 29.3 Å². The van der Waals surface area contributed by atoms with E-state index in [0.29, 0.717) is 12.1 Å². The van der Waals surface area contributed by atoms with Crippen LogP contribution in [0.15, 0.2) is 18.2 Å². The van der Waals surface area contributed by atoms with Gasteiger partial charge in [0.1, 0.15) is 11.9 Å². The third-order valence-corrected chi connectivity index (χ3v) is 4.58. The van der Waals surface area contributed by atoms with Gasteiger partial charge < -0.3 is 4.74 Å². The minimum atomic E-state index is 0.312. The third-order valence-electron chi connectivity index (χ3n) is 4.23. The number of benzene rings is 1. The maximum atomic E-state index is 6.12. The van der Waals surface area contributed by atoms with Crippen molar-refractivity contribution in [1.29, 1.82) is 0 Å². The van der Waals surface area contributed by atoms with E-state index in [1.54, 1.807) is 0 Å². The molecule has 0 amide bonds. The van der Waals surface area contributed by atoms with Crippen LogP contribution in [0.25, 0.3) is 0 Å². The van der Waals surface area contributed by atoms with Crippen LogP contribution >= 0.6 is 15.9 Å². The summed E-state index contributed by atoms with van der Waals surface area (Å²) in [5.74, 6) is 1.09. The molecule has 1 aromatic carbocycles. The zero-order chi connectivity index (χ0) is 14.5. The lowest BCUT2D eigenvalue weighted by Crippen LogP contribution is -2.42. The van der Waals surface area contributed by atoms with E-state index in [1.165, 1.54) is 24.0 Å². The standard InChI is InChI=1S/C17H26BrNO/c1-4-15(5-2)19(9-8-18)12-16-11-14-10-13(3)6-7-17(14)20-16/h6-7,10,15-16H,4-5,8-9,11-12H2,1-3H3. The molecule has 0 aromatic heterocycles. The minimum Gasteiger partial charge on any atom is -0.488 e. The number of hydrogen-bond donors (Lipinski definition) is 0. The van der Waals surface area contributed by atoms with Gasteiger partial charge in [0.05, 0.1) is 0 Å². The summed E-state index contributed by atoms with van der Waals surface area (Å²) < 4.78 is 6.12. The molecule has 0 bridgehead atoms. The van der Waals surface area contributed by atoms with Gasteiger partial charge in [-0.3, -0.25) is 4.90 Å². The van der Waals surface area contributed by atoms with Crippen molar-refractivity contribution in [1.82, 2.24) is 4.90 Å². The summed E-state index contributed by atoms with van der Waals surface area (Å²) in [5, 5.41) is 1.03. The van der Waals surface area contributed by atoms with Crippen LogP contribution in [-0.4, -0.2) is 35.5 Å². The number of rotatable bonds is 7. The fourth-order valence-electron chi connectivity index (χ4n) is 3.15. The van der Waals surface area contributed by atoms with Crippen LogP contribution in [-0.2, 0) is 6.42 Å². The fourth-order valence-corrected chi connectivity index (χ4v) is 3.60. The number of halogens is 1. The van der Waals surface area contributed by atoms with Gasteiger partial charge >= 0.3 is 0 Å². The summed E-state index contributed by atoms with van der Waals surface area (Å²) in [6.07, 6.45) is 3.78. The second-order valence-corrected chi connectivity index (χ2v) is 6.50. The van der Waals surface area contributed by atoms with Gasteiger partial charge in [0.15, 0.2) is 0 Å². The van der Waals surface area contributed by atoms with Crippen LogP contribution in [0.1, 0.15) is 37.8 Å². The first-order valence-corrected chi connectivity index (χ1v) is 8.86. The quantitative estimate of drug-likeness (QED) is 0.691. The van der Waals surface area contributed by atoms with Crippen LogP contribution < -0.4 is 4.74 Å². The first kappa shape index (κ1) is 15.8. The van der Waals surface area contributed by atoms with Crippen molar-refractivity contribution in [3.8, 4) is 5.75 Å². The van der Waals surface area contributed by atoms with Crippen molar-refractivity contribution in [2.75, 3.05) is 18.4 Å². The summed E-state index contributed by atoms with van der Waals surface area (Å²) in [7, 11) is 0. The highest BCUT2D eigenvalue weighted by Crippen LogP contribution is 2.30. The number of fused-ring (bicyclic) bond motifs is 1. The van der Waals surface area contributed by atoms with Crippen LogP contribution in [0.3, 0.4) is 0 Å². The largest absolute Gasteiger partial charge is 0.488 e. The molecule has 1 atom stereocenters. The molecule has 0 saturated heterocycles. The third kappa shape index (κ3) is 3.76. The lowest BCUT2D eigenvalue weighted by Gasteiger charge is -2.31. The Morgan fingerprint density at radius 2 is 2.10 bits per heavy atom. The highest BCUT2D eigenvalue weighted by Gasteiger charge is 2.26. The molecule has 0 fully saturated rings. The summed E-state index contributed by atoms with van der Waals surface area (Å²) in [5.41, 5.74) is 2.70. The maximum absolute atomic E-state index is 6.12. The molecule has 1 aliphatic rings. The predicted octanol–water partition coefficient (Wildman–Crippen LogP) is 4.18. The Hall–Kier alpha value is -0.540. The topological polar surface area (TPSA) is 12.5 Å². The van der Waals surface area contributed by atoms with Gasteiger partial charge in [-0.15, -0.1) is 0 Å². The van der Waals surface area contributed by atoms with E-state index in [2.05, 4.69) is 59.8 Å². The molecule has 112 valence electrons. The molecular weight excluding hydrogens is 314 g/mol. The predicted molar refractivity (Wildman–Crippen MR) is 89.0 cm³/mol. The smallest absolute Gasteiger partial charge is 0.123 e. The zero-order valence-corrected chi connectivity index (χ0v) is 14.4. The van der Waals surface area contributed by atoms with Crippen molar-refractivity contribution in [2.24, 2.45) is 0 Å². The molecule has 1 heterocycles. The van der Waals surface area contributed by atoms with E-state index in [9.17, 15) is 0 Å². The normalized spacial score (nSPS) is 17.6. The molecule has 0 radical (unpaired) electrons. The zero-order valence-electron chi connectivity index (χ0n) is 12.9. The molecule has 3 heteroatoms. The first-order valence-electron chi connectivity index (χ1n) is 7.74. The van der Waals surface area contributed by atoms with E-state index in [1.807, 2.05) is 0 Å². The minimum absolute atomic E-state index is 0.312. The van der Waals surface area contributed by atoms with Gasteiger partial charge in [0, 0.05) is 30.9 Å². The number of nitrogens with zero attached hydrogens (tertiary/aromatic N) is 1. The first-order chi connectivity index (χ1) is 9.67. The van der Waals surface area contributed by atoms with E-state index >= 15 is 0 Å². The second-order valence-electron chi connectivity index (χ2n) is 5.71. The molecule has 0 spiro atoms. The Balaban J connectivity index is 1.99. The van der Waals surface area contributed by atoms with Gasteiger partial charge in [-0.2, -0.15) is 0 Å². The van der Waals surface area contributed by atoms with Crippen molar-refractivity contribution >= 4 is 15.9 Å². The lowest BCUT2D eigenvalue weighted by atomic mass is 10.1. The summed E-state index contributed by atoms with van der Waals surface area (Å²) in [4.78, 5) is 2.58. The fraction of sp³-hybridized carbons (Fsp3) is 0.647. The van der Waals surface area contributed by atoms with Gasteiger partial charge in [0.2, 0.25) is 0 Å². The molecule has 2 nitrogen and oxygen atoms in total. The van der Waals surface area contributed by atoms with E-state index < -0.39 is 0 Å². The molecular formula is C17H26BrNO. The number of alkyl halides is 1. The average molecular weight is 340 g/mol. The molecule has 0 aliphatic carbocycles. The number of hydrogen-bond acceptors (Lipinski definition) is 2. The molecule has 0 N–H and O–H groups in total. The van der Waals surface area contributed by atoms with Crippen LogP contribution in [0.5, 0.6) is 5.75 Å². The van der Waals surface area contributed by atoms with Gasteiger partial charge in [-0.05, 0) is 31.4 Å². The summed E-state index contributed by atoms with van der Waals surface area (Å²) in [6.45, 7) is 8.84. The second kappa shape index (κ2) is 7.46. The van der Waals surface area contributed by atoms with Crippen molar-refractivity contribution in [3.63, 3.8) is 0 Å². The highest BCUT2D eigenvalue weighted by molar-refractivity contribution is 9.09. The van der Waals surface area contributed by atoms with E-state index in [0.717, 1.165) is 30.6 Å². The molecule has 1 aliphatic heterocycles. The number of aryl methyl sites for hydroxylation is 1. The molecule has 2 rings (SSSR count). The Morgan fingerprint density at radius 3 is 2.75 bits per heavy atom. The van der Waals surface area contributed by atoms with E-state index in [-0.39, 0.29) is 0 Å². The van der Waals surface area contributed by atoms with Gasteiger partial charge in [-0.1, -0.05) is 47.5 Å². The Labute approximate surface area is 131 Å². The monoisotopic (exact) mass is 339 g/mol. The summed E-state index contributed by atoms with van der Waals surface area (Å²) >= 11 is 3.58. The average Bonchev–Trinajstić information content (AvgIpc) is 2.81.